The van der Waals surface area contributed by atoms with Crippen LogP contribution in [0.2, 0.25) is 0 Å². The summed E-state index contributed by atoms with van der Waals surface area (Å²) in [5, 5.41) is 20.7. The van der Waals surface area contributed by atoms with E-state index >= 15 is 0 Å². The van der Waals surface area contributed by atoms with Crippen LogP contribution in [0.15, 0.2) is 194 Å². The summed E-state index contributed by atoms with van der Waals surface area (Å²) in [5.41, 5.74) is 0. The maximum Gasteiger partial charge on any atom is 0.472 e. The molecule has 0 aliphatic heterocycles. The Balaban J connectivity index is 4.67. The number of carbonyl (C=O) groups is 3. The first-order valence-electron chi connectivity index (χ1n) is 39.7. The molecule has 0 fully saturated rings. The van der Waals surface area contributed by atoms with Crippen LogP contribution in [0.5, 0.6) is 0 Å². The number of hydrogen-bond acceptors (Lipinski definition) is 14. The summed E-state index contributed by atoms with van der Waals surface area (Å²) >= 11 is 0. The number of rotatable bonds is 73. The molecule has 0 bridgehead atoms. The molecule has 0 saturated heterocycles. The number of aliphatic hydroxyl groups is 2. The van der Waals surface area contributed by atoms with Crippen LogP contribution in [0.1, 0.15) is 278 Å². The second-order valence-corrected chi connectivity index (χ2v) is 28.6. The van der Waals surface area contributed by atoms with E-state index in [1.807, 2.05) is 0 Å². The lowest BCUT2D eigenvalue weighted by molar-refractivity contribution is -0.161. The van der Waals surface area contributed by atoms with Crippen molar-refractivity contribution in [1.29, 1.82) is 0 Å². The van der Waals surface area contributed by atoms with Gasteiger partial charge in [0, 0.05) is 19.3 Å². The smallest absolute Gasteiger partial charge is 0.463 e. The number of esters is 3. The number of phosphoric acid groups is 2. The highest BCUT2D eigenvalue weighted by atomic mass is 31.2. The Kier molecular flexibility index (Phi) is 73.8. The van der Waals surface area contributed by atoms with Crippen LogP contribution < -0.4 is 0 Å². The second-order valence-electron chi connectivity index (χ2n) is 25.7. The highest BCUT2D eigenvalue weighted by Gasteiger charge is 2.29. The summed E-state index contributed by atoms with van der Waals surface area (Å²) in [5.74, 6) is -1.65. The topological polar surface area (TPSA) is 231 Å². The summed E-state index contributed by atoms with van der Waals surface area (Å²) < 4.78 is 61.1. The number of hydrogen-bond donors (Lipinski definition) is 4. The molecule has 0 heterocycles. The van der Waals surface area contributed by atoms with E-state index in [0.29, 0.717) is 19.3 Å². The lowest BCUT2D eigenvalue weighted by Crippen LogP contribution is -2.30. The normalized spacial score (nSPS) is 15.0. The average Bonchev–Trinajstić information content (AvgIpc) is 0.911. The SMILES string of the molecule is CC/C=C\C/C=C\C/C=C\C/C=C\C/C=C\C/C=C\CCCCCCCCCCCCC(=O)OCC(O)COP(=O)(O)OCC(O)COP(=O)(O)OCC(COC(=O)CCCCCCC/C=C\C/C=C\C/C=C\C/C=C\C/C=C\CC)OC(=O)CCCCC/C=C\C/C=C\C/C=C\C/C=C\C/C=C\CC. The summed E-state index contributed by atoms with van der Waals surface area (Å²) in [6.07, 6.45) is 102. The van der Waals surface area contributed by atoms with E-state index in [2.05, 4.69) is 215 Å². The Hall–Kier alpha value is -5.61. The van der Waals surface area contributed by atoms with Crippen LogP contribution in [-0.2, 0) is 55.8 Å². The molecule has 16 nitrogen and oxygen atoms in total. The Bertz CT molecular complexity index is 2690. The van der Waals surface area contributed by atoms with Gasteiger partial charge in [0.05, 0.1) is 26.4 Å². The monoisotopic (exact) mass is 1500 g/mol. The van der Waals surface area contributed by atoms with Crippen LogP contribution in [0.3, 0.4) is 0 Å². The first-order valence-corrected chi connectivity index (χ1v) is 42.7. The average molecular weight is 1500 g/mol. The van der Waals surface area contributed by atoms with Gasteiger partial charge in [-0.15, -0.1) is 0 Å². The molecule has 0 aliphatic carbocycles. The minimum Gasteiger partial charge on any atom is -0.463 e. The molecule has 5 unspecified atom stereocenters. The summed E-state index contributed by atoms with van der Waals surface area (Å²) in [4.78, 5) is 58.7. The molecule has 5 atom stereocenters. The first-order chi connectivity index (χ1) is 51.2. The van der Waals surface area contributed by atoms with Crippen molar-refractivity contribution < 1.29 is 75.8 Å². The fourth-order valence-electron chi connectivity index (χ4n) is 9.86. The molecule has 0 aromatic carbocycles. The maximum absolute atomic E-state index is 13.0. The highest BCUT2D eigenvalue weighted by Crippen LogP contribution is 2.45. The molecule has 4 N–H and O–H groups in total. The van der Waals surface area contributed by atoms with Gasteiger partial charge in [-0.2, -0.15) is 0 Å². The van der Waals surface area contributed by atoms with Gasteiger partial charge in [0.1, 0.15) is 25.4 Å². The van der Waals surface area contributed by atoms with E-state index in [1.54, 1.807) is 0 Å². The van der Waals surface area contributed by atoms with Crippen LogP contribution in [0.25, 0.3) is 0 Å². The van der Waals surface area contributed by atoms with Gasteiger partial charge in [0.2, 0.25) is 0 Å². The minimum atomic E-state index is -4.96. The minimum absolute atomic E-state index is 0.0529. The van der Waals surface area contributed by atoms with E-state index in [9.17, 15) is 43.5 Å². The molecule has 0 spiro atoms. The zero-order valence-corrected chi connectivity index (χ0v) is 66.6. The third-order valence-corrected chi connectivity index (χ3v) is 17.7. The molecule has 0 aliphatic rings. The second kappa shape index (κ2) is 78.0. The lowest BCUT2D eigenvalue weighted by atomic mass is 10.1. The number of phosphoric ester groups is 2. The number of carbonyl (C=O) groups excluding carboxylic acids is 3. The lowest BCUT2D eigenvalue weighted by Gasteiger charge is -2.21. The first kappa shape index (κ1) is 99.4. The van der Waals surface area contributed by atoms with Crippen molar-refractivity contribution in [3.63, 3.8) is 0 Å². The predicted molar refractivity (Wildman–Crippen MR) is 435 cm³/mol. The summed E-state index contributed by atoms with van der Waals surface area (Å²) in [7, 11) is -9.83. The molecule has 594 valence electrons. The van der Waals surface area contributed by atoms with Crippen molar-refractivity contribution in [2.75, 3.05) is 39.6 Å². The van der Waals surface area contributed by atoms with Gasteiger partial charge in [-0.3, -0.25) is 32.5 Å². The Morgan fingerprint density at radius 3 is 0.762 bits per heavy atom. The van der Waals surface area contributed by atoms with Gasteiger partial charge >= 0.3 is 33.6 Å². The summed E-state index contributed by atoms with van der Waals surface area (Å²) in [6, 6.07) is 0. The van der Waals surface area contributed by atoms with E-state index < -0.39 is 91.5 Å². The Labute approximate surface area is 636 Å². The van der Waals surface area contributed by atoms with Crippen molar-refractivity contribution in [3.05, 3.63) is 194 Å². The van der Waals surface area contributed by atoms with Gasteiger partial charge < -0.3 is 34.2 Å². The third kappa shape index (κ3) is 79.3. The van der Waals surface area contributed by atoms with E-state index in [4.69, 9.17) is 32.3 Å². The molecule has 0 aromatic heterocycles. The maximum atomic E-state index is 13.0. The van der Waals surface area contributed by atoms with E-state index in [1.165, 1.54) is 32.1 Å². The quantitative estimate of drug-likeness (QED) is 0.0146. The van der Waals surface area contributed by atoms with Crippen LogP contribution in [0.4, 0.5) is 0 Å². The zero-order valence-electron chi connectivity index (χ0n) is 64.8. The van der Waals surface area contributed by atoms with Gasteiger partial charge in [-0.1, -0.05) is 292 Å². The van der Waals surface area contributed by atoms with E-state index in [0.717, 1.165) is 186 Å². The standard InChI is InChI=1S/C87H140O16P2/c1-4-7-10-13-16-19-22-25-28-31-34-36-37-38-39-40-41-42-43-45-48-49-52-55-58-61-64-67-70-73-85(90)97-76-82(88)77-99-104(93,94)100-78-83(89)79-101-105(95,96)102-81-84(103-87(92)75-72-69-66-63-60-57-54-51-46-33-30-27-24-21-18-15-12-9-6-3)80-98-86(91)74-71-68-65-62-59-56-53-50-47-44-35-32-29-26-23-20-17-14-11-8-5-2/h7-12,16-21,25-30,34-36,38-39,41-42,44,46,50-51,53,57,60,82-84,88-89H,4-6,13-15,22-24,31-33,37,40,43,45,47-49,52,54-56,58-59,61-81H2,1-3H3,(H,93,94)(H,95,96)/b10-7-,11-8-,12-9-,19-16-,20-17-,21-18-,28-25-,29-26-,30-27-,36-34-,39-38-,42-41-,44-35-,51-46-,53-50-,60-57-. The predicted octanol–water partition coefficient (Wildman–Crippen LogP) is 23.5. The molecular formula is C87H140O16P2. The number of unbranched alkanes of at least 4 members (excludes halogenated alkanes) is 18. The molecule has 18 heteroatoms. The Morgan fingerprint density at radius 1 is 0.267 bits per heavy atom. The molecule has 0 rings (SSSR count). The highest BCUT2D eigenvalue weighted by molar-refractivity contribution is 7.47. The van der Waals surface area contributed by atoms with Crippen LogP contribution in [0, 0.1) is 0 Å². The Morgan fingerprint density at radius 2 is 0.476 bits per heavy atom. The van der Waals surface area contributed by atoms with Crippen molar-refractivity contribution in [1.82, 2.24) is 0 Å². The molecule has 0 radical (unpaired) electrons. The fourth-order valence-corrected chi connectivity index (χ4v) is 11.4. The third-order valence-electron chi connectivity index (χ3n) is 15.8. The number of ether oxygens (including phenoxy) is 3. The van der Waals surface area contributed by atoms with Crippen molar-refractivity contribution >= 4 is 33.6 Å². The molecule has 0 aromatic rings. The van der Waals surface area contributed by atoms with Gasteiger partial charge in [-0.05, 0) is 161 Å². The van der Waals surface area contributed by atoms with Crippen molar-refractivity contribution in [2.24, 2.45) is 0 Å². The van der Waals surface area contributed by atoms with Crippen molar-refractivity contribution in [2.45, 2.75) is 296 Å². The summed E-state index contributed by atoms with van der Waals surface area (Å²) in [6.45, 7) is 2.25. The van der Waals surface area contributed by atoms with Crippen LogP contribution in [-0.4, -0.2) is 95.9 Å². The fraction of sp³-hybridized carbons (Fsp3) is 0.598. The number of aliphatic hydroxyl groups excluding tert-OH is 2. The molecular weight excluding hydrogens is 1360 g/mol. The van der Waals surface area contributed by atoms with Gasteiger partial charge in [0.15, 0.2) is 6.10 Å². The number of allylic oxidation sites excluding steroid dienone is 32. The zero-order chi connectivity index (χ0) is 76.6. The van der Waals surface area contributed by atoms with Crippen molar-refractivity contribution in [3.8, 4) is 0 Å². The van der Waals surface area contributed by atoms with Gasteiger partial charge in [0.25, 0.3) is 0 Å². The molecule has 0 amide bonds. The molecule has 105 heavy (non-hydrogen) atoms. The van der Waals surface area contributed by atoms with Crippen LogP contribution >= 0.6 is 15.6 Å². The molecule has 0 saturated carbocycles. The largest absolute Gasteiger partial charge is 0.472 e. The van der Waals surface area contributed by atoms with Gasteiger partial charge in [-0.25, -0.2) is 9.13 Å². The van der Waals surface area contributed by atoms with E-state index in [-0.39, 0.29) is 19.3 Å².